The van der Waals surface area contributed by atoms with Gasteiger partial charge in [0.2, 0.25) is 17.7 Å². The largest absolute Gasteiger partial charge is 0.478 e. The Hall–Kier alpha value is -0.560. The molecule has 1 fully saturated rings. The van der Waals surface area contributed by atoms with Gasteiger partial charge in [0.05, 0.1) is 27.6 Å². The summed E-state index contributed by atoms with van der Waals surface area (Å²) < 4.78 is 24.1. The zero-order chi connectivity index (χ0) is 20.8. The quantitative estimate of drug-likeness (QED) is 0.369. The molecule has 1 N–H and O–H groups in total. The predicted molar refractivity (Wildman–Crippen MR) is 122 cm³/mol. The van der Waals surface area contributed by atoms with Crippen molar-refractivity contribution in [1.29, 1.82) is 0 Å². The number of sulfone groups is 1. The molecular weight excluding hydrogens is 721 g/mol. The summed E-state index contributed by atoms with van der Waals surface area (Å²) in [6.45, 7) is 1.29. The number of anilines is 2. The molecule has 2 rings (SSSR count). The number of halogens is 3. The summed E-state index contributed by atoms with van der Waals surface area (Å²) in [7, 11) is -2.41. The van der Waals surface area contributed by atoms with Crippen LogP contribution in [0.15, 0.2) is 0 Å². The molecule has 0 atom stereocenters. The van der Waals surface area contributed by atoms with Crippen molar-refractivity contribution < 1.29 is 32.7 Å². The molecular formula is C14H11I3N2O7S. The van der Waals surface area contributed by atoms with Crippen molar-refractivity contribution in [2.45, 2.75) is 6.92 Å². The predicted octanol–water partition coefficient (Wildman–Crippen LogP) is 1.47. The molecule has 3 amide bonds. The fraction of sp³-hybridized carbons (Fsp3) is 0.286. The summed E-state index contributed by atoms with van der Waals surface area (Å²) in [5.74, 6) is -5.31. The lowest BCUT2D eigenvalue weighted by molar-refractivity contribution is -0.124. The number of carboxylic acids is 1. The van der Waals surface area contributed by atoms with Crippen molar-refractivity contribution in [1.82, 2.24) is 0 Å². The van der Waals surface area contributed by atoms with Crippen molar-refractivity contribution in [2.75, 3.05) is 28.4 Å². The van der Waals surface area contributed by atoms with Gasteiger partial charge in [-0.1, -0.05) is 0 Å². The molecule has 0 unspecified atom stereocenters. The Balaban J connectivity index is 2.88. The fourth-order valence-electron chi connectivity index (χ4n) is 2.42. The second kappa shape index (κ2) is 8.05. The minimum atomic E-state index is -3.85. The number of rotatable bonds is 3. The van der Waals surface area contributed by atoms with Crippen molar-refractivity contribution in [3.8, 4) is 0 Å². The van der Waals surface area contributed by atoms with Crippen molar-refractivity contribution in [2.24, 2.45) is 0 Å². The maximum Gasteiger partial charge on any atom is 0.338 e. The highest BCUT2D eigenvalue weighted by molar-refractivity contribution is 14.1. The molecule has 27 heavy (non-hydrogen) atoms. The third-order valence-electron chi connectivity index (χ3n) is 3.70. The lowest BCUT2D eigenvalue weighted by atomic mass is 10.1. The first-order chi connectivity index (χ1) is 12.3. The summed E-state index contributed by atoms with van der Waals surface area (Å²) >= 11 is 5.32. The van der Waals surface area contributed by atoms with Gasteiger partial charge in [0, 0.05) is 14.0 Å². The van der Waals surface area contributed by atoms with Gasteiger partial charge in [-0.2, -0.15) is 0 Å². The first kappa shape index (κ1) is 22.7. The Bertz CT molecular complexity index is 983. The minimum absolute atomic E-state index is 0.0259. The van der Waals surface area contributed by atoms with Gasteiger partial charge in [-0.3, -0.25) is 14.4 Å². The van der Waals surface area contributed by atoms with E-state index >= 15 is 0 Å². The van der Waals surface area contributed by atoms with Crippen LogP contribution < -0.4 is 9.80 Å². The SMILES string of the molecule is CC(=O)N(C)c1c(I)c(C(=O)O)c(I)c(N2C(=O)CS(=O)(=O)CC2=O)c1I. The van der Waals surface area contributed by atoms with E-state index in [4.69, 9.17) is 0 Å². The summed E-state index contributed by atoms with van der Waals surface area (Å²) in [5, 5.41) is 9.62. The van der Waals surface area contributed by atoms with Gasteiger partial charge < -0.3 is 10.0 Å². The molecule has 1 heterocycles. The van der Waals surface area contributed by atoms with E-state index in [1.807, 2.05) is 22.6 Å². The fourth-order valence-corrected chi connectivity index (χ4v) is 8.37. The van der Waals surface area contributed by atoms with Crippen LogP contribution in [0.2, 0.25) is 0 Å². The highest BCUT2D eigenvalue weighted by Gasteiger charge is 2.40. The van der Waals surface area contributed by atoms with E-state index in [0.717, 1.165) is 0 Å². The number of amides is 3. The average molecular weight is 732 g/mol. The Kier molecular flexibility index (Phi) is 6.78. The number of imide groups is 1. The van der Waals surface area contributed by atoms with E-state index in [2.05, 4.69) is 0 Å². The number of benzene rings is 1. The zero-order valence-corrected chi connectivity index (χ0v) is 21.0. The van der Waals surface area contributed by atoms with Crippen LogP contribution in [0.4, 0.5) is 11.4 Å². The topological polar surface area (TPSA) is 129 Å². The third-order valence-corrected chi connectivity index (χ3v) is 8.20. The van der Waals surface area contributed by atoms with Crippen LogP contribution in [0.3, 0.4) is 0 Å². The first-order valence-electron chi connectivity index (χ1n) is 7.04. The third kappa shape index (κ3) is 4.24. The van der Waals surface area contributed by atoms with Gasteiger partial charge >= 0.3 is 5.97 Å². The first-order valence-corrected chi connectivity index (χ1v) is 12.1. The standard InChI is InChI=1S/C14H11I3N2O7S/c1-5(20)18(2)12-9(15)8(14(23)24)10(16)13(11(12)17)19-6(21)3-27(25,26)4-7(19)22/h3-4H2,1-2H3,(H,23,24). The number of carbonyl (C=O) groups is 4. The number of carbonyl (C=O) groups excluding carboxylic acids is 3. The second-order valence-corrected chi connectivity index (χ2v) is 10.9. The van der Waals surface area contributed by atoms with Gasteiger partial charge in [0.25, 0.3) is 0 Å². The van der Waals surface area contributed by atoms with Gasteiger partial charge in [0.15, 0.2) is 9.84 Å². The van der Waals surface area contributed by atoms with Crippen molar-refractivity contribution >= 4 is 113 Å². The van der Waals surface area contributed by atoms with E-state index in [1.54, 1.807) is 45.2 Å². The van der Waals surface area contributed by atoms with Crippen LogP contribution >= 0.6 is 67.8 Å². The maximum absolute atomic E-state index is 12.4. The molecule has 1 aliphatic rings. The Morgan fingerprint density at radius 2 is 1.52 bits per heavy atom. The molecule has 13 heteroatoms. The van der Waals surface area contributed by atoms with E-state index in [0.29, 0.717) is 8.47 Å². The summed E-state index contributed by atoms with van der Waals surface area (Å²) in [6.07, 6.45) is 0. The van der Waals surface area contributed by atoms with Crippen LogP contribution in [0.25, 0.3) is 0 Å². The summed E-state index contributed by atoms with van der Waals surface area (Å²) in [4.78, 5) is 50.4. The molecule has 0 aromatic heterocycles. The van der Waals surface area contributed by atoms with Crippen LogP contribution in [0.5, 0.6) is 0 Å². The molecule has 1 aliphatic heterocycles. The Labute approximate surface area is 195 Å². The summed E-state index contributed by atoms with van der Waals surface area (Å²) in [6, 6.07) is 0. The summed E-state index contributed by atoms with van der Waals surface area (Å²) in [5.41, 5.74) is 0.0244. The number of aromatic carboxylic acids is 1. The number of hydrogen-bond acceptors (Lipinski definition) is 6. The monoisotopic (exact) mass is 732 g/mol. The van der Waals surface area contributed by atoms with E-state index in [1.165, 1.54) is 18.9 Å². The molecule has 0 saturated carbocycles. The lowest BCUT2D eigenvalue weighted by Crippen LogP contribution is -2.50. The molecule has 9 nitrogen and oxygen atoms in total. The zero-order valence-electron chi connectivity index (χ0n) is 13.7. The molecule has 1 aromatic carbocycles. The van der Waals surface area contributed by atoms with Crippen LogP contribution in [-0.4, -0.2) is 55.8 Å². The van der Waals surface area contributed by atoms with Crippen LogP contribution in [-0.2, 0) is 24.2 Å². The van der Waals surface area contributed by atoms with E-state index in [9.17, 15) is 32.7 Å². The van der Waals surface area contributed by atoms with E-state index in [-0.39, 0.29) is 30.0 Å². The Morgan fingerprint density at radius 3 is 1.93 bits per heavy atom. The van der Waals surface area contributed by atoms with Gasteiger partial charge in [0.1, 0.15) is 11.5 Å². The molecule has 0 bridgehead atoms. The number of carboxylic acid groups (broad SMARTS) is 1. The lowest BCUT2D eigenvalue weighted by Gasteiger charge is -2.30. The Morgan fingerprint density at radius 1 is 1.04 bits per heavy atom. The van der Waals surface area contributed by atoms with E-state index < -0.39 is 39.1 Å². The highest BCUT2D eigenvalue weighted by atomic mass is 127. The number of hydrogen-bond donors (Lipinski definition) is 1. The smallest absolute Gasteiger partial charge is 0.338 e. The normalized spacial score (nSPS) is 16.4. The van der Waals surface area contributed by atoms with Crippen molar-refractivity contribution in [3.05, 3.63) is 16.3 Å². The maximum atomic E-state index is 12.4. The molecule has 1 saturated heterocycles. The molecule has 0 radical (unpaired) electrons. The number of nitrogens with zero attached hydrogens (tertiary/aromatic N) is 2. The molecule has 146 valence electrons. The average Bonchev–Trinajstić information content (AvgIpc) is 2.47. The second-order valence-electron chi connectivity index (χ2n) is 5.55. The highest BCUT2D eigenvalue weighted by Crippen LogP contribution is 2.42. The van der Waals surface area contributed by atoms with Crippen LogP contribution in [0, 0.1) is 10.7 Å². The van der Waals surface area contributed by atoms with Gasteiger partial charge in [-0.05, 0) is 67.8 Å². The van der Waals surface area contributed by atoms with Gasteiger partial charge in [-0.15, -0.1) is 0 Å². The van der Waals surface area contributed by atoms with Crippen LogP contribution in [0.1, 0.15) is 17.3 Å². The molecule has 1 aromatic rings. The van der Waals surface area contributed by atoms with Crippen molar-refractivity contribution in [3.63, 3.8) is 0 Å². The molecule has 0 aliphatic carbocycles. The molecule has 0 spiro atoms. The minimum Gasteiger partial charge on any atom is -0.478 e. The van der Waals surface area contributed by atoms with Gasteiger partial charge in [-0.25, -0.2) is 18.1 Å².